The van der Waals surface area contributed by atoms with E-state index in [1.165, 1.54) is 19.2 Å². The second-order valence-corrected chi connectivity index (χ2v) is 4.17. The van der Waals surface area contributed by atoms with Crippen molar-refractivity contribution in [3.63, 3.8) is 0 Å². The van der Waals surface area contributed by atoms with E-state index < -0.39 is 30.8 Å². The number of halogens is 2. The summed E-state index contributed by atoms with van der Waals surface area (Å²) in [6.07, 6.45) is -3.75. The summed E-state index contributed by atoms with van der Waals surface area (Å²) < 4.78 is 29.5. The fraction of sp³-hybridized carbons (Fsp3) is 0.385. The molecular formula is C13H15F2NO4. The molecule has 1 aromatic carbocycles. The van der Waals surface area contributed by atoms with Gasteiger partial charge >= 0.3 is 5.97 Å². The number of rotatable bonds is 6. The fourth-order valence-electron chi connectivity index (χ4n) is 1.65. The van der Waals surface area contributed by atoms with E-state index in [4.69, 9.17) is 9.84 Å². The summed E-state index contributed by atoms with van der Waals surface area (Å²) in [5, 5.41) is 10.9. The number of carboxylic acid groups (broad SMARTS) is 1. The standard InChI is InChI=1S/C13H15F2NO4/c1-7-5-8(20-2)3-4-9(7)12(17)16-10(13(18)19)6-11(14)15/h3-5,10-11H,6H2,1-2H3,(H,16,17)(H,18,19). The van der Waals surface area contributed by atoms with Gasteiger partial charge in [0.05, 0.1) is 7.11 Å². The Morgan fingerprint density at radius 1 is 1.40 bits per heavy atom. The highest BCUT2D eigenvalue weighted by molar-refractivity contribution is 5.97. The van der Waals surface area contributed by atoms with E-state index in [1.807, 2.05) is 0 Å². The zero-order chi connectivity index (χ0) is 15.3. The maximum absolute atomic E-state index is 12.2. The summed E-state index contributed by atoms with van der Waals surface area (Å²) in [5.74, 6) is -1.66. The van der Waals surface area contributed by atoms with Gasteiger partial charge in [-0.05, 0) is 30.7 Å². The Kier molecular flexibility index (Phi) is 5.42. The van der Waals surface area contributed by atoms with Gasteiger partial charge in [-0.2, -0.15) is 0 Å². The van der Waals surface area contributed by atoms with Crippen LogP contribution in [0, 0.1) is 6.92 Å². The van der Waals surface area contributed by atoms with Gasteiger partial charge in [0.2, 0.25) is 6.43 Å². The van der Waals surface area contributed by atoms with E-state index in [0.717, 1.165) is 0 Å². The first-order chi connectivity index (χ1) is 9.35. The Morgan fingerprint density at radius 2 is 2.05 bits per heavy atom. The summed E-state index contributed by atoms with van der Waals surface area (Å²) in [5.41, 5.74) is 0.773. The minimum Gasteiger partial charge on any atom is -0.497 e. The van der Waals surface area contributed by atoms with Crippen LogP contribution in [-0.2, 0) is 4.79 Å². The van der Waals surface area contributed by atoms with Crippen molar-refractivity contribution in [3.8, 4) is 5.75 Å². The van der Waals surface area contributed by atoms with Crippen molar-refractivity contribution in [2.24, 2.45) is 0 Å². The average Bonchev–Trinajstić information content (AvgIpc) is 2.36. The van der Waals surface area contributed by atoms with Gasteiger partial charge in [0, 0.05) is 12.0 Å². The lowest BCUT2D eigenvalue weighted by Crippen LogP contribution is -2.42. The molecule has 2 N–H and O–H groups in total. The van der Waals surface area contributed by atoms with E-state index in [-0.39, 0.29) is 5.56 Å². The summed E-state index contributed by atoms with van der Waals surface area (Å²) in [7, 11) is 1.47. The molecule has 1 aromatic rings. The second-order valence-electron chi connectivity index (χ2n) is 4.17. The Bertz CT molecular complexity index is 505. The summed E-state index contributed by atoms with van der Waals surface area (Å²) in [6, 6.07) is 2.96. The zero-order valence-electron chi connectivity index (χ0n) is 11.0. The first-order valence-electron chi connectivity index (χ1n) is 5.81. The van der Waals surface area contributed by atoms with Crippen LogP contribution in [0.25, 0.3) is 0 Å². The molecule has 0 fully saturated rings. The minimum atomic E-state index is -2.81. The smallest absolute Gasteiger partial charge is 0.326 e. The van der Waals surface area contributed by atoms with Gasteiger partial charge in [-0.3, -0.25) is 4.79 Å². The fourth-order valence-corrected chi connectivity index (χ4v) is 1.65. The number of benzene rings is 1. The lowest BCUT2D eigenvalue weighted by Gasteiger charge is -2.15. The Labute approximate surface area is 114 Å². The first-order valence-corrected chi connectivity index (χ1v) is 5.81. The van der Waals surface area contributed by atoms with Crippen LogP contribution in [0.5, 0.6) is 5.75 Å². The molecule has 1 unspecified atom stereocenters. The summed E-state index contributed by atoms with van der Waals surface area (Å²) in [4.78, 5) is 22.7. The molecule has 0 radical (unpaired) electrons. The van der Waals surface area contributed by atoms with Gasteiger partial charge in [0.1, 0.15) is 11.8 Å². The van der Waals surface area contributed by atoms with Crippen molar-refractivity contribution in [1.29, 1.82) is 0 Å². The molecular weight excluding hydrogens is 272 g/mol. The molecule has 5 nitrogen and oxygen atoms in total. The number of nitrogens with one attached hydrogen (secondary N) is 1. The van der Waals surface area contributed by atoms with Crippen molar-refractivity contribution in [1.82, 2.24) is 5.32 Å². The zero-order valence-corrected chi connectivity index (χ0v) is 11.0. The molecule has 0 saturated carbocycles. The maximum Gasteiger partial charge on any atom is 0.326 e. The number of hydrogen-bond acceptors (Lipinski definition) is 3. The van der Waals surface area contributed by atoms with Crippen molar-refractivity contribution in [2.75, 3.05) is 7.11 Å². The molecule has 0 bridgehead atoms. The molecule has 0 aliphatic rings. The van der Waals surface area contributed by atoms with Gasteiger partial charge in [0.25, 0.3) is 5.91 Å². The van der Waals surface area contributed by atoms with Crippen LogP contribution >= 0.6 is 0 Å². The van der Waals surface area contributed by atoms with Crippen LogP contribution in [-0.4, -0.2) is 36.6 Å². The highest BCUT2D eigenvalue weighted by Gasteiger charge is 2.25. The number of carbonyl (C=O) groups excluding carboxylic acids is 1. The summed E-state index contributed by atoms with van der Waals surface area (Å²) in [6.45, 7) is 1.64. The number of ether oxygens (including phenoxy) is 1. The predicted octanol–water partition coefficient (Wildman–Crippen LogP) is 1.84. The lowest BCUT2D eigenvalue weighted by atomic mass is 10.1. The molecule has 7 heteroatoms. The Hall–Kier alpha value is -2.18. The largest absolute Gasteiger partial charge is 0.497 e. The monoisotopic (exact) mass is 287 g/mol. The first kappa shape index (κ1) is 15.9. The van der Waals surface area contributed by atoms with Crippen LogP contribution in [0.15, 0.2) is 18.2 Å². The third-order valence-electron chi connectivity index (χ3n) is 2.70. The molecule has 0 spiro atoms. The number of alkyl halides is 2. The van der Waals surface area contributed by atoms with E-state index >= 15 is 0 Å². The van der Waals surface area contributed by atoms with Crippen molar-refractivity contribution >= 4 is 11.9 Å². The normalized spacial score (nSPS) is 12.1. The number of amides is 1. The van der Waals surface area contributed by atoms with Crippen LogP contribution < -0.4 is 10.1 Å². The van der Waals surface area contributed by atoms with E-state index in [0.29, 0.717) is 11.3 Å². The average molecular weight is 287 g/mol. The van der Waals surface area contributed by atoms with Crippen molar-refractivity contribution < 1.29 is 28.2 Å². The van der Waals surface area contributed by atoms with Crippen LogP contribution in [0.4, 0.5) is 8.78 Å². The molecule has 0 saturated heterocycles. The SMILES string of the molecule is COc1ccc(C(=O)NC(CC(F)F)C(=O)O)c(C)c1. The maximum atomic E-state index is 12.2. The highest BCUT2D eigenvalue weighted by atomic mass is 19.3. The number of methoxy groups -OCH3 is 1. The van der Waals surface area contributed by atoms with Crippen LogP contribution in [0.3, 0.4) is 0 Å². The minimum absolute atomic E-state index is 0.214. The molecule has 0 heterocycles. The number of carboxylic acids is 1. The second kappa shape index (κ2) is 6.83. The van der Waals surface area contributed by atoms with Gasteiger partial charge < -0.3 is 15.2 Å². The molecule has 0 aliphatic heterocycles. The molecule has 0 aliphatic carbocycles. The lowest BCUT2D eigenvalue weighted by molar-refractivity contribution is -0.140. The van der Waals surface area contributed by atoms with E-state index in [2.05, 4.69) is 5.32 Å². The third-order valence-corrected chi connectivity index (χ3v) is 2.70. The molecule has 110 valence electrons. The Balaban J connectivity index is 2.86. The molecule has 20 heavy (non-hydrogen) atoms. The molecule has 1 amide bonds. The van der Waals surface area contributed by atoms with Crippen molar-refractivity contribution in [3.05, 3.63) is 29.3 Å². The molecule has 0 aromatic heterocycles. The van der Waals surface area contributed by atoms with Gasteiger partial charge in [-0.25, -0.2) is 13.6 Å². The molecule has 1 rings (SSSR count). The third kappa shape index (κ3) is 4.18. The predicted molar refractivity (Wildman–Crippen MR) is 67.2 cm³/mol. The quantitative estimate of drug-likeness (QED) is 0.837. The Morgan fingerprint density at radius 3 is 2.50 bits per heavy atom. The van der Waals surface area contributed by atoms with E-state index in [1.54, 1.807) is 13.0 Å². The number of hydrogen-bond donors (Lipinski definition) is 2. The highest BCUT2D eigenvalue weighted by Crippen LogP contribution is 2.17. The van der Waals surface area contributed by atoms with E-state index in [9.17, 15) is 18.4 Å². The molecule has 1 atom stereocenters. The van der Waals surface area contributed by atoms with Crippen LogP contribution in [0.2, 0.25) is 0 Å². The van der Waals surface area contributed by atoms with Crippen molar-refractivity contribution in [2.45, 2.75) is 25.8 Å². The van der Waals surface area contributed by atoms with Gasteiger partial charge in [0.15, 0.2) is 0 Å². The van der Waals surface area contributed by atoms with Gasteiger partial charge in [-0.15, -0.1) is 0 Å². The summed E-state index contributed by atoms with van der Waals surface area (Å²) >= 11 is 0. The number of aliphatic carboxylic acids is 1. The topological polar surface area (TPSA) is 75.6 Å². The number of carbonyl (C=O) groups is 2. The van der Waals surface area contributed by atoms with Gasteiger partial charge in [-0.1, -0.05) is 0 Å². The van der Waals surface area contributed by atoms with Crippen LogP contribution in [0.1, 0.15) is 22.3 Å². The number of aryl methyl sites for hydroxylation is 1.